The van der Waals surface area contributed by atoms with Crippen molar-refractivity contribution in [3.63, 3.8) is 0 Å². The highest BCUT2D eigenvalue weighted by molar-refractivity contribution is 5.85. The van der Waals surface area contributed by atoms with Gasteiger partial charge in [-0.25, -0.2) is 0 Å². The molecule has 0 amide bonds. The summed E-state index contributed by atoms with van der Waals surface area (Å²) in [5.74, 6) is 0.959. The summed E-state index contributed by atoms with van der Waals surface area (Å²) >= 11 is 0. The first-order valence-corrected chi connectivity index (χ1v) is 6.77. The summed E-state index contributed by atoms with van der Waals surface area (Å²) in [6.07, 6.45) is 6.97. The van der Waals surface area contributed by atoms with Gasteiger partial charge in [0.05, 0.1) is 0 Å². The Morgan fingerprint density at radius 2 is 1.81 bits per heavy atom. The minimum atomic E-state index is 0. The van der Waals surface area contributed by atoms with Crippen molar-refractivity contribution in [2.24, 2.45) is 5.92 Å². The number of nitrogens with zero attached hydrogens (tertiary/aromatic N) is 1. The molecule has 0 aliphatic carbocycles. The first kappa shape index (κ1) is 14.3. The standard InChI is InChI=1S/C13H26N2.ClH/c1-3-13-5-4-11(2)15(13)10-12-6-8-14-9-7-12;/h11-14H,3-10H2,1-2H3;1H. The highest BCUT2D eigenvalue weighted by Gasteiger charge is 2.30. The Morgan fingerprint density at radius 1 is 1.12 bits per heavy atom. The molecule has 2 atom stereocenters. The van der Waals surface area contributed by atoms with Gasteiger partial charge in [-0.3, -0.25) is 4.90 Å². The summed E-state index contributed by atoms with van der Waals surface area (Å²) in [7, 11) is 0. The fourth-order valence-electron chi connectivity index (χ4n) is 3.26. The molecule has 2 aliphatic rings. The lowest BCUT2D eigenvalue weighted by Gasteiger charge is -2.33. The Bertz CT molecular complexity index is 192. The summed E-state index contributed by atoms with van der Waals surface area (Å²) in [6.45, 7) is 8.60. The van der Waals surface area contributed by atoms with E-state index in [1.54, 1.807) is 0 Å². The number of piperidine rings is 1. The Kier molecular flexibility index (Phi) is 6.09. The van der Waals surface area contributed by atoms with E-state index in [1.165, 1.54) is 51.7 Å². The largest absolute Gasteiger partial charge is 0.317 e. The Balaban J connectivity index is 0.00000128. The highest BCUT2D eigenvalue weighted by Crippen LogP contribution is 2.28. The van der Waals surface area contributed by atoms with E-state index in [9.17, 15) is 0 Å². The molecule has 2 saturated heterocycles. The maximum Gasteiger partial charge on any atom is 0.00961 e. The monoisotopic (exact) mass is 246 g/mol. The quantitative estimate of drug-likeness (QED) is 0.824. The second-order valence-electron chi connectivity index (χ2n) is 5.38. The van der Waals surface area contributed by atoms with Gasteiger partial charge in [-0.05, 0) is 58.0 Å². The van der Waals surface area contributed by atoms with Crippen LogP contribution < -0.4 is 5.32 Å². The number of rotatable bonds is 3. The van der Waals surface area contributed by atoms with Crippen LogP contribution >= 0.6 is 12.4 Å². The molecule has 0 radical (unpaired) electrons. The summed E-state index contributed by atoms with van der Waals surface area (Å²) in [5, 5.41) is 3.46. The smallest absolute Gasteiger partial charge is 0.00961 e. The fraction of sp³-hybridized carbons (Fsp3) is 1.00. The molecule has 1 N–H and O–H groups in total. The van der Waals surface area contributed by atoms with Gasteiger partial charge in [0.2, 0.25) is 0 Å². The Labute approximate surface area is 107 Å². The van der Waals surface area contributed by atoms with Crippen molar-refractivity contribution in [1.29, 1.82) is 0 Å². The molecule has 3 heteroatoms. The molecule has 0 aromatic rings. The van der Waals surface area contributed by atoms with E-state index in [-0.39, 0.29) is 12.4 Å². The van der Waals surface area contributed by atoms with E-state index in [2.05, 4.69) is 24.1 Å². The second-order valence-corrected chi connectivity index (χ2v) is 5.38. The van der Waals surface area contributed by atoms with Gasteiger partial charge in [-0.1, -0.05) is 6.92 Å². The minimum Gasteiger partial charge on any atom is -0.317 e. The summed E-state index contributed by atoms with van der Waals surface area (Å²) in [6, 6.07) is 1.72. The molecule has 2 nitrogen and oxygen atoms in total. The third-order valence-corrected chi connectivity index (χ3v) is 4.35. The zero-order valence-corrected chi connectivity index (χ0v) is 11.6. The van der Waals surface area contributed by atoms with Gasteiger partial charge in [0, 0.05) is 18.6 Å². The molecule has 0 aromatic heterocycles. The lowest BCUT2D eigenvalue weighted by atomic mass is 9.97. The van der Waals surface area contributed by atoms with Crippen molar-refractivity contribution in [2.45, 2.75) is 58.0 Å². The van der Waals surface area contributed by atoms with Gasteiger partial charge >= 0.3 is 0 Å². The van der Waals surface area contributed by atoms with Crippen LogP contribution in [0.25, 0.3) is 0 Å². The topological polar surface area (TPSA) is 15.3 Å². The van der Waals surface area contributed by atoms with E-state index in [4.69, 9.17) is 0 Å². The molecule has 16 heavy (non-hydrogen) atoms. The molecule has 0 spiro atoms. The van der Waals surface area contributed by atoms with Crippen molar-refractivity contribution in [1.82, 2.24) is 10.2 Å². The van der Waals surface area contributed by atoms with Crippen LogP contribution in [0.4, 0.5) is 0 Å². The predicted octanol–water partition coefficient (Wildman–Crippen LogP) is 2.67. The van der Waals surface area contributed by atoms with Crippen LogP contribution in [-0.4, -0.2) is 36.6 Å². The van der Waals surface area contributed by atoms with Gasteiger partial charge in [0.1, 0.15) is 0 Å². The van der Waals surface area contributed by atoms with Crippen molar-refractivity contribution in [3.05, 3.63) is 0 Å². The fourth-order valence-corrected chi connectivity index (χ4v) is 3.26. The molecule has 2 aliphatic heterocycles. The third-order valence-electron chi connectivity index (χ3n) is 4.35. The number of hydrogen-bond donors (Lipinski definition) is 1. The molecule has 0 bridgehead atoms. The highest BCUT2D eigenvalue weighted by atomic mass is 35.5. The maximum atomic E-state index is 3.46. The minimum absolute atomic E-state index is 0. The van der Waals surface area contributed by atoms with Crippen molar-refractivity contribution in [2.75, 3.05) is 19.6 Å². The Hall–Kier alpha value is 0.210. The third kappa shape index (κ3) is 3.35. The van der Waals surface area contributed by atoms with E-state index in [0.29, 0.717) is 0 Å². The molecular weight excluding hydrogens is 220 g/mol. The number of nitrogens with one attached hydrogen (secondary N) is 1. The van der Waals surface area contributed by atoms with Crippen molar-refractivity contribution in [3.8, 4) is 0 Å². The molecule has 0 aromatic carbocycles. The summed E-state index contributed by atoms with van der Waals surface area (Å²) in [5.41, 5.74) is 0. The lowest BCUT2D eigenvalue weighted by molar-refractivity contribution is 0.152. The van der Waals surface area contributed by atoms with Gasteiger partial charge in [0.15, 0.2) is 0 Å². The van der Waals surface area contributed by atoms with Crippen molar-refractivity contribution < 1.29 is 0 Å². The lowest BCUT2D eigenvalue weighted by Crippen LogP contribution is -2.41. The van der Waals surface area contributed by atoms with Crippen LogP contribution in [-0.2, 0) is 0 Å². The normalized spacial score (nSPS) is 32.6. The zero-order chi connectivity index (χ0) is 10.7. The molecule has 0 saturated carbocycles. The van der Waals surface area contributed by atoms with Crippen LogP contribution in [0, 0.1) is 5.92 Å². The summed E-state index contributed by atoms with van der Waals surface area (Å²) in [4.78, 5) is 2.79. The van der Waals surface area contributed by atoms with Gasteiger partial charge in [-0.2, -0.15) is 0 Å². The molecule has 2 heterocycles. The summed E-state index contributed by atoms with van der Waals surface area (Å²) < 4.78 is 0. The molecule has 96 valence electrons. The Morgan fingerprint density at radius 3 is 2.44 bits per heavy atom. The van der Waals surface area contributed by atoms with Gasteiger partial charge in [0.25, 0.3) is 0 Å². The van der Waals surface area contributed by atoms with Crippen LogP contribution in [0.2, 0.25) is 0 Å². The number of hydrogen-bond acceptors (Lipinski definition) is 2. The van der Waals surface area contributed by atoms with Crippen LogP contribution in [0.1, 0.15) is 46.0 Å². The van der Waals surface area contributed by atoms with E-state index in [1.807, 2.05) is 0 Å². The number of likely N-dealkylation sites (tertiary alicyclic amines) is 1. The first-order valence-electron chi connectivity index (χ1n) is 6.77. The van der Waals surface area contributed by atoms with Gasteiger partial charge in [-0.15, -0.1) is 12.4 Å². The zero-order valence-electron chi connectivity index (χ0n) is 10.7. The van der Waals surface area contributed by atoms with E-state index in [0.717, 1.165) is 18.0 Å². The van der Waals surface area contributed by atoms with Crippen LogP contribution in [0.3, 0.4) is 0 Å². The average Bonchev–Trinajstić information content (AvgIpc) is 2.62. The maximum absolute atomic E-state index is 3.46. The average molecular weight is 247 g/mol. The van der Waals surface area contributed by atoms with E-state index >= 15 is 0 Å². The first-order chi connectivity index (χ1) is 7.31. The molecule has 2 fully saturated rings. The molecule has 2 unspecified atom stereocenters. The van der Waals surface area contributed by atoms with E-state index < -0.39 is 0 Å². The molecular formula is C13H27ClN2. The van der Waals surface area contributed by atoms with Gasteiger partial charge < -0.3 is 5.32 Å². The van der Waals surface area contributed by atoms with Crippen LogP contribution in [0.15, 0.2) is 0 Å². The van der Waals surface area contributed by atoms with Crippen molar-refractivity contribution >= 4 is 12.4 Å². The SMILES string of the molecule is CCC1CCC(C)N1CC1CCNCC1.Cl. The van der Waals surface area contributed by atoms with Crippen LogP contribution in [0.5, 0.6) is 0 Å². The molecule has 2 rings (SSSR count). The second kappa shape index (κ2) is 6.83. The predicted molar refractivity (Wildman–Crippen MR) is 72.3 cm³/mol. The number of halogens is 1.